The zero-order valence-electron chi connectivity index (χ0n) is 11.5. The van der Waals surface area contributed by atoms with Crippen LogP contribution in [0.1, 0.15) is 38.3 Å². The van der Waals surface area contributed by atoms with Crippen LogP contribution in [0.2, 0.25) is 5.02 Å². The van der Waals surface area contributed by atoms with Crippen molar-refractivity contribution in [2.45, 2.75) is 38.3 Å². The molecule has 2 rings (SSSR count). The molecular weight excluding hydrogens is 244 g/mol. The van der Waals surface area contributed by atoms with E-state index in [1.165, 1.54) is 18.4 Å². The van der Waals surface area contributed by atoms with Gasteiger partial charge >= 0.3 is 0 Å². The first kappa shape index (κ1) is 13.9. The quantitative estimate of drug-likeness (QED) is 0.904. The Labute approximate surface area is 115 Å². The molecule has 3 heteroatoms. The summed E-state index contributed by atoms with van der Waals surface area (Å²) in [6.45, 7) is 5.28. The molecule has 0 bridgehead atoms. The first-order valence-corrected chi connectivity index (χ1v) is 7.05. The minimum absolute atomic E-state index is 0.193. The maximum absolute atomic E-state index is 6.01. The van der Waals surface area contributed by atoms with E-state index in [0.29, 0.717) is 6.04 Å². The third-order valence-corrected chi connectivity index (χ3v) is 4.77. The topological polar surface area (TPSA) is 29.3 Å². The molecular formula is C15H23ClN2. The lowest BCUT2D eigenvalue weighted by Crippen LogP contribution is -2.60. The van der Waals surface area contributed by atoms with Gasteiger partial charge in [0.1, 0.15) is 0 Å². The van der Waals surface area contributed by atoms with E-state index in [4.69, 9.17) is 17.3 Å². The Balaban J connectivity index is 2.13. The lowest BCUT2D eigenvalue weighted by molar-refractivity contribution is -0.0187. The molecule has 0 heterocycles. The van der Waals surface area contributed by atoms with E-state index in [9.17, 15) is 0 Å². The first-order chi connectivity index (χ1) is 8.48. The van der Waals surface area contributed by atoms with E-state index in [-0.39, 0.29) is 5.54 Å². The summed E-state index contributed by atoms with van der Waals surface area (Å²) >= 11 is 5.94. The highest BCUT2D eigenvalue weighted by Gasteiger charge is 2.45. The zero-order valence-corrected chi connectivity index (χ0v) is 12.2. The van der Waals surface area contributed by atoms with Crippen molar-refractivity contribution in [1.29, 1.82) is 0 Å². The number of hydrogen-bond acceptors (Lipinski definition) is 2. The second kappa shape index (κ2) is 5.20. The Bertz CT molecular complexity index is 395. The van der Waals surface area contributed by atoms with Gasteiger partial charge in [-0.15, -0.1) is 0 Å². The molecule has 0 aromatic heterocycles. The lowest BCUT2D eigenvalue weighted by Gasteiger charge is -2.54. The van der Waals surface area contributed by atoms with Crippen molar-refractivity contribution in [3.63, 3.8) is 0 Å². The number of hydrogen-bond donors (Lipinski definition) is 1. The summed E-state index contributed by atoms with van der Waals surface area (Å²) in [4.78, 5) is 2.44. The second-order valence-corrected chi connectivity index (χ2v) is 6.22. The van der Waals surface area contributed by atoms with Crippen LogP contribution in [0.5, 0.6) is 0 Å². The summed E-state index contributed by atoms with van der Waals surface area (Å²) in [6, 6.07) is 8.50. The van der Waals surface area contributed by atoms with E-state index < -0.39 is 0 Å². The maximum Gasteiger partial charge on any atom is 0.0406 e. The summed E-state index contributed by atoms with van der Waals surface area (Å²) in [6.07, 6.45) is 2.41. The minimum Gasteiger partial charge on any atom is -0.329 e. The molecule has 2 nitrogen and oxygen atoms in total. The van der Waals surface area contributed by atoms with Gasteiger partial charge in [0.15, 0.2) is 0 Å². The van der Waals surface area contributed by atoms with Gasteiger partial charge < -0.3 is 5.73 Å². The standard InChI is InChI=1S/C15H23ClN2/c1-11-8-15(9-11,10-17)18(3)12(2)13-4-6-14(16)7-5-13/h4-7,11-12H,8-10,17H2,1-3H3. The first-order valence-electron chi connectivity index (χ1n) is 6.67. The number of nitrogens with two attached hydrogens (primary N) is 1. The fourth-order valence-corrected chi connectivity index (χ4v) is 3.34. The van der Waals surface area contributed by atoms with Crippen molar-refractivity contribution in [3.05, 3.63) is 34.9 Å². The normalized spacial score (nSPS) is 29.1. The van der Waals surface area contributed by atoms with Gasteiger partial charge in [-0.3, -0.25) is 4.90 Å². The molecule has 1 saturated carbocycles. The number of rotatable bonds is 4. The Hall–Kier alpha value is -0.570. The molecule has 100 valence electrons. The molecule has 0 spiro atoms. The van der Waals surface area contributed by atoms with Gasteiger partial charge in [-0.2, -0.15) is 0 Å². The van der Waals surface area contributed by atoms with E-state index in [1.54, 1.807) is 0 Å². The van der Waals surface area contributed by atoms with Crippen LogP contribution in [-0.4, -0.2) is 24.0 Å². The fourth-order valence-electron chi connectivity index (χ4n) is 3.21. The van der Waals surface area contributed by atoms with E-state index in [0.717, 1.165) is 17.5 Å². The summed E-state index contributed by atoms with van der Waals surface area (Å²) in [7, 11) is 2.19. The third-order valence-electron chi connectivity index (χ3n) is 4.52. The average Bonchev–Trinajstić information content (AvgIpc) is 2.34. The largest absolute Gasteiger partial charge is 0.329 e. The van der Waals surface area contributed by atoms with Crippen LogP contribution >= 0.6 is 11.6 Å². The highest BCUT2D eigenvalue weighted by molar-refractivity contribution is 6.30. The average molecular weight is 267 g/mol. The molecule has 1 aliphatic rings. The van der Waals surface area contributed by atoms with Crippen molar-refractivity contribution < 1.29 is 0 Å². The van der Waals surface area contributed by atoms with E-state index in [1.807, 2.05) is 12.1 Å². The molecule has 2 N–H and O–H groups in total. The molecule has 18 heavy (non-hydrogen) atoms. The van der Waals surface area contributed by atoms with E-state index in [2.05, 4.69) is 37.9 Å². The molecule has 0 saturated heterocycles. The number of likely N-dealkylation sites (N-methyl/N-ethyl adjacent to an activating group) is 1. The van der Waals surface area contributed by atoms with Gasteiger partial charge in [0.05, 0.1) is 0 Å². The van der Waals surface area contributed by atoms with Gasteiger partial charge in [0.25, 0.3) is 0 Å². The van der Waals surface area contributed by atoms with Crippen molar-refractivity contribution in [2.24, 2.45) is 11.7 Å². The number of benzene rings is 1. The Morgan fingerprint density at radius 1 is 1.39 bits per heavy atom. The van der Waals surface area contributed by atoms with Gasteiger partial charge in [-0.05, 0) is 50.4 Å². The Morgan fingerprint density at radius 2 is 1.94 bits per heavy atom. The van der Waals surface area contributed by atoms with Gasteiger partial charge in [-0.1, -0.05) is 30.7 Å². The smallest absolute Gasteiger partial charge is 0.0406 e. The van der Waals surface area contributed by atoms with Crippen molar-refractivity contribution in [3.8, 4) is 0 Å². The molecule has 1 fully saturated rings. The molecule has 1 atom stereocenters. The van der Waals surface area contributed by atoms with Crippen LogP contribution in [0, 0.1) is 5.92 Å². The van der Waals surface area contributed by atoms with Gasteiger partial charge in [0, 0.05) is 23.1 Å². The Morgan fingerprint density at radius 3 is 2.39 bits per heavy atom. The summed E-state index contributed by atoms with van der Waals surface area (Å²) in [5.41, 5.74) is 7.50. The predicted molar refractivity (Wildman–Crippen MR) is 77.8 cm³/mol. The van der Waals surface area contributed by atoms with Crippen LogP contribution in [-0.2, 0) is 0 Å². The monoisotopic (exact) mass is 266 g/mol. The fraction of sp³-hybridized carbons (Fsp3) is 0.600. The van der Waals surface area contributed by atoms with Crippen LogP contribution in [0.15, 0.2) is 24.3 Å². The highest BCUT2D eigenvalue weighted by Crippen LogP contribution is 2.44. The number of halogens is 1. The van der Waals surface area contributed by atoms with Gasteiger partial charge in [0.2, 0.25) is 0 Å². The van der Waals surface area contributed by atoms with Crippen molar-refractivity contribution in [2.75, 3.05) is 13.6 Å². The van der Waals surface area contributed by atoms with Gasteiger partial charge in [-0.25, -0.2) is 0 Å². The summed E-state index contributed by atoms with van der Waals surface area (Å²) in [5, 5.41) is 0.791. The van der Waals surface area contributed by atoms with Crippen LogP contribution in [0.4, 0.5) is 0 Å². The highest BCUT2D eigenvalue weighted by atomic mass is 35.5. The molecule has 0 aliphatic heterocycles. The van der Waals surface area contributed by atoms with Crippen LogP contribution in [0.3, 0.4) is 0 Å². The Kier molecular flexibility index (Phi) is 4.00. The summed E-state index contributed by atoms with van der Waals surface area (Å²) in [5.74, 6) is 0.799. The van der Waals surface area contributed by atoms with Crippen LogP contribution < -0.4 is 5.73 Å². The zero-order chi connectivity index (χ0) is 13.3. The van der Waals surface area contributed by atoms with Crippen LogP contribution in [0.25, 0.3) is 0 Å². The molecule has 1 aromatic carbocycles. The predicted octanol–water partition coefficient (Wildman–Crippen LogP) is 3.46. The molecule has 0 amide bonds. The minimum atomic E-state index is 0.193. The molecule has 1 aromatic rings. The molecule has 1 unspecified atom stereocenters. The maximum atomic E-state index is 6.01. The third kappa shape index (κ3) is 2.42. The molecule has 0 radical (unpaired) electrons. The second-order valence-electron chi connectivity index (χ2n) is 5.78. The SMILES string of the molecule is CC1CC(CN)(N(C)C(C)c2ccc(Cl)cc2)C1. The number of nitrogens with zero attached hydrogens (tertiary/aromatic N) is 1. The van der Waals surface area contributed by atoms with E-state index >= 15 is 0 Å². The van der Waals surface area contributed by atoms with Crippen molar-refractivity contribution >= 4 is 11.6 Å². The molecule has 1 aliphatic carbocycles. The summed E-state index contributed by atoms with van der Waals surface area (Å²) < 4.78 is 0. The lowest BCUT2D eigenvalue weighted by atomic mass is 9.67. The van der Waals surface area contributed by atoms with Crippen molar-refractivity contribution in [1.82, 2.24) is 4.90 Å².